The van der Waals surface area contributed by atoms with Crippen LogP contribution in [0.25, 0.3) is 0 Å². The average Bonchev–Trinajstić information content (AvgIpc) is 2.75. The second-order valence-corrected chi connectivity index (χ2v) is 8.96. The van der Waals surface area contributed by atoms with E-state index >= 15 is 0 Å². The summed E-state index contributed by atoms with van der Waals surface area (Å²) in [6.45, 7) is 0.621. The molecule has 1 amide bonds. The van der Waals surface area contributed by atoms with Crippen molar-refractivity contribution in [3.8, 4) is 0 Å². The van der Waals surface area contributed by atoms with E-state index < -0.39 is 9.84 Å². The van der Waals surface area contributed by atoms with Gasteiger partial charge in [-0.05, 0) is 54.7 Å². The standard InChI is InChI=1S/C24H25NO3S/c26-24(25-18-8-7-11-20-9-3-1-4-10-20)22-16-14-21(15-17-22)19-29(27,28)23-12-5-2-6-13-23/h1-6,9-10,12-17H,7-8,11,18-19H2,(H,25,26). The van der Waals surface area contributed by atoms with Crippen molar-refractivity contribution in [3.05, 3.63) is 102 Å². The van der Waals surface area contributed by atoms with E-state index in [0.717, 1.165) is 19.3 Å². The van der Waals surface area contributed by atoms with Crippen LogP contribution in [-0.2, 0) is 22.0 Å². The molecule has 0 radical (unpaired) electrons. The zero-order chi connectivity index (χ0) is 20.5. The lowest BCUT2D eigenvalue weighted by atomic mass is 10.1. The number of carbonyl (C=O) groups is 1. The van der Waals surface area contributed by atoms with E-state index in [4.69, 9.17) is 0 Å². The van der Waals surface area contributed by atoms with Crippen LogP contribution >= 0.6 is 0 Å². The summed E-state index contributed by atoms with van der Waals surface area (Å²) in [4.78, 5) is 12.6. The van der Waals surface area contributed by atoms with E-state index in [2.05, 4.69) is 17.4 Å². The number of hydrogen-bond acceptors (Lipinski definition) is 3. The predicted octanol–water partition coefficient (Wildman–Crippen LogP) is 4.41. The molecule has 0 atom stereocenters. The van der Waals surface area contributed by atoms with Gasteiger partial charge in [-0.15, -0.1) is 0 Å². The minimum atomic E-state index is -3.39. The number of unbranched alkanes of at least 4 members (excludes halogenated alkanes) is 1. The molecule has 4 nitrogen and oxygen atoms in total. The highest BCUT2D eigenvalue weighted by molar-refractivity contribution is 7.90. The molecule has 0 fully saturated rings. The first-order valence-electron chi connectivity index (χ1n) is 9.73. The van der Waals surface area contributed by atoms with Crippen LogP contribution in [0.5, 0.6) is 0 Å². The molecule has 0 bridgehead atoms. The molecule has 0 aromatic heterocycles. The Morgan fingerprint density at radius 1 is 0.724 bits per heavy atom. The lowest BCUT2D eigenvalue weighted by Gasteiger charge is -2.07. The molecule has 3 rings (SSSR count). The van der Waals surface area contributed by atoms with Crippen LogP contribution in [0.15, 0.2) is 89.8 Å². The molecule has 1 N–H and O–H groups in total. The highest BCUT2D eigenvalue weighted by atomic mass is 32.2. The number of amides is 1. The fourth-order valence-corrected chi connectivity index (χ4v) is 4.46. The van der Waals surface area contributed by atoms with Crippen molar-refractivity contribution in [1.29, 1.82) is 0 Å². The molecular weight excluding hydrogens is 382 g/mol. The van der Waals surface area contributed by atoms with E-state index in [1.165, 1.54) is 5.56 Å². The van der Waals surface area contributed by atoms with Gasteiger partial charge in [0.15, 0.2) is 9.84 Å². The highest BCUT2D eigenvalue weighted by Gasteiger charge is 2.15. The SMILES string of the molecule is O=C(NCCCCc1ccccc1)c1ccc(CS(=O)(=O)c2ccccc2)cc1. The Morgan fingerprint density at radius 3 is 2.00 bits per heavy atom. The first-order valence-corrected chi connectivity index (χ1v) is 11.4. The monoisotopic (exact) mass is 407 g/mol. The number of carbonyl (C=O) groups excluding carboxylic acids is 1. The molecule has 0 aliphatic heterocycles. The maximum atomic E-state index is 12.4. The van der Waals surface area contributed by atoms with Crippen LogP contribution < -0.4 is 5.32 Å². The molecule has 5 heteroatoms. The van der Waals surface area contributed by atoms with E-state index in [9.17, 15) is 13.2 Å². The van der Waals surface area contributed by atoms with Gasteiger partial charge in [-0.3, -0.25) is 4.79 Å². The Balaban J connectivity index is 1.46. The van der Waals surface area contributed by atoms with Crippen molar-refractivity contribution in [2.75, 3.05) is 6.54 Å². The largest absolute Gasteiger partial charge is 0.352 e. The molecule has 0 aliphatic rings. The fraction of sp³-hybridized carbons (Fsp3) is 0.208. The van der Waals surface area contributed by atoms with E-state index in [0.29, 0.717) is 22.6 Å². The molecular formula is C24H25NO3S. The first-order chi connectivity index (χ1) is 14.0. The smallest absolute Gasteiger partial charge is 0.251 e. The Morgan fingerprint density at radius 2 is 1.34 bits per heavy atom. The van der Waals surface area contributed by atoms with Crippen molar-refractivity contribution in [2.24, 2.45) is 0 Å². The van der Waals surface area contributed by atoms with E-state index in [1.807, 2.05) is 18.2 Å². The van der Waals surface area contributed by atoms with Crippen LogP contribution in [0.1, 0.15) is 34.3 Å². The Kier molecular flexibility index (Phi) is 7.19. The topological polar surface area (TPSA) is 63.2 Å². The number of nitrogens with one attached hydrogen (secondary N) is 1. The zero-order valence-electron chi connectivity index (χ0n) is 16.3. The van der Waals surface area contributed by atoms with Gasteiger partial charge < -0.3 is 5.32 Å². The molecule has 29 heavy (non-hydrogen) atoms. The summed E-state index contributed by atoms with van der Waals surface area (Å²) in [5, 5.41) is 2.92. The van der Waals surface area contributed by atoms with Crippen molar-refractivity contribution in [2.45, 2.75) is 29.9 Å². The highest BCUT2D eigenvalue weighted by Crippen LogP contribution is 2.16. The maximum absolute atomic E-state index is 12.4. The number of hydrogen-bond donors (Lipinski definition) is 1. The minimum absolute atomic E-state index is 0.0849. The quantitative estimate of drug-likeness (QED) is 0.534. The molecule has 0 heterocycles. The van der Waals surface area contributed by atoms with Gasteiger partial charge in [-0.1, -0.05) is 60.7 Å². The van der Waals surface area contributed by atoms with Gasteiger partial charge in [-0.2, -0.15) is 0 Å². The van der Waals surface area contributed by atoms with Crippen LogP contribution in [0.3, 0.4) is 0 Å². The van der Waals surface area contributed by atoms with Gasteiger partial charge >= 0.3 is 0 Å². The third-order valence-corrected chi connectivity index (χ3v) is 6.40. The summed E-state index contributed by atoms with van der Waals surface area (Å²) in [5.41, 5.74) is 2.50. The minimum Gasteiger partial charge on any atom is -0.352 e. The Bertz CT molecular complexity index is 1010. The summed E-state index contributed by atoms with van der Waals surface area (Å²) >= 11 is 0. The molecule has 0 aliphatic carbocycles. The van der Waals surface area contributed by atoms with Crippen molar-refractivity contribution < 1.29 is 13.2 Å². The van der Waals surface area contributed by atoms with Crippen LogP contribution in [0.2, 0.25) is 0 Å². The number of aryl methyl sites for hydroxylation is 1. The lowest BCUT2D eigenvalue weighted by molar-refractivity contribution is 0.0953. The zero-order valence-corrected chi connectivity index (χ0v) is 17.1. The molecule has 3 aromatic carbocycles. The second kappa shape index (κ2) is 10.0. The van der Waals surface area contributed by atoms with E-state index in [-0.39, 0.29) is 11.7 Å². The summed E-state index contributed by atoms with van der Waals surface area (Å²) in [7, 11) is -3.39. The summed E-state index contributed by atoms with van der Waals surface area (Å²) in [5.74, 6) is -0.222. The summed E-state index contributed by atoms with van der Waals surface area (Å²) < 4.78 is 24.9. The van der Waals surface area contributed by atoms with Crippen molar-refractivity contribution in [3.63, 3.8) is 0 Å². The summed E-state index contributed by atoms with van der Waals surface area (Å²) in [6.07, 6.45) is 2.93. The van der Waals surface area contributed by atoms with Gasteiger partial charge in [0.05, 0.1) is 10.6 Å². The van der Waals surface area contributed by atoms with Crippen LogP contribution in [0.4, 0.5) is 0 Å². The van der Waals surface area contributed by atoms with Gasteiger partial charge in [-0.25, -0.2) is 8.42 Å². The maximum Gasteiger partial charge on any atom is 0.251 e. The third kappa shape index (κ3) is 6.29. The van der Waals surface area contributed by atoms with Crippen LogP contribution in [0, 0.1) is 0 Å². The predicted molar refractivity (Wildman–Crippen MR) is 115 cm³/mol. The Labute approximate surface area is 172 Å². The van der Waals surface area contributed by atoms with Gasteiger partial charge in [0.25, 0.3) is 5.91 Å². The average molecular weight is 408 g/mol. The van der Waals surface area contributed by atoms with Crippen LogP contribution in [-0.4, -0.2) is 20.9 Å². The first kappa shape index (κ1) is 20.8. The van der Waals surface area contributed by atoms with Crippen molar-refractivity contribution >= 4 is 15.7 Å². The third-order valence-electron chi connectivity index (χ3n) is 4.70. The fourth-order valence-electron chi connectivity index (χ4n) is 3.09. The van der Waals surface area contributed by atoms with Gasteiger partial charge in [0, 0.05) is 12.1 Å². The summed E-state index contributed by atoms with van der Waals surface area (Å²) in [6, 6.07) is 25.4. The number of sulfone groups is 1. The molecule has 0 saturated carbocycles. The normalized spacial score (nSPS) is 11.2. The molecule has 0 unspecified atom stereocenters. The molecule has 0 spiro atoms. The Hall–Kier alpha value is -2.92. The van der Waals surface area contributed by atoms with E-state index in [1.54, 1.807) is 54.6 Å². The second-order valence-electron chi connectivity index (χ2n) is 6.97. The molecule has 150 valence electrons. The number of rotatable bonds is 9. The lowest BCUT2D eigenvalue weighted by Crippen LogP contribution is -2.24. The molecule has 0 saturated heterocycles. The number of benzene rings is 3. The van der Waals surface area contributed by atoms with Gasteiger partial charge in [0.1, 0.15) is 0 Å². The molecule has 3 aromatic rings. The van der Waals surface area contributed by atoms with Gasteiger partial charge in [0.2, 0.25) is 0 Å². The van der Waals surface area contributed by atoms with Crippen molar-refractivity contribution in [1.82, 2.24) is 5.32 Å².